The molecule has 16 heteroatoms. The molecule has 1 aromatic carbocycles. The maximum atomic E-state index is 13.6. The van der Waals surface area contributed by atoms with Crippen LogP contribution in [0, 0.1) is 3.57 Å². The molecule has 2 nitrogen and oxygen atoms in total. The van der Waals surface area contributed by atoms with Gasteiger partial charge in [-0.15, -0.1) is 0 Å². The quantitative estimate of drug-likeness (QED) is 0.117. The van der Waals surface area contributed by atoms with Crippen molar-refractivity contribution in [2.24, 2.45) is 0 Å². The molecule has 35 heavy (non-hydrogen) atoms. The molecule has 0 bridgehead atoms. The van der Waals surface area contributed by atoms with E-state index >= 15 is 0 Å². The number of alkyl halides is 13. The lowest BCUT2D eigenvalue weighted by atomic mass is 9.93. The van der Waals surface area contributed by atoms with Crippen LogP contribution in [0.5, 0.6) is 0 Å². The summed E-state index contributed by atoms with van der Waals surface area (Å²) in [5, 5.41) is 11.1. The molecule has 0 atom stereocenters. The molecular weight excluding hydrogens is 634 g/mol. The Balaban J connectivity index is 2.94. The molecule has 0 heterocycles. The summed E-state index contributed by atoms with van der Waals surface area (Å²) in [4.78, 5) is 11.1. The average Bonchev–Trinajstić information content (AvgIpc) is 2.69. The van der Waals surface area contributed by atoms with Crippen LogP contribution >= 0.6 is 22.6 Å². The zero-order chi connectivity index (χ0) is 27.7. The summed E-state index contributed by atoms with van der Waals surface area (Å²) in [5.41, 5.74) is 0.0798. The first kappa shape index (κ1) is 31.3. The fraction of sp³-hybridized carbons (Fsp3) is 0.526. The third kappa shape index (κ3) is 5.98. The maximum absolute atomic E-state index is 13.6. The Labute approximate surface area is 202 Å². The topological polar surface area (TPSA) is 40.1 Å². The van der Waals surface area contributed by atoms with Gasteiger partial charge in [-0.25, -0.2) is 0 Å². The number of carboxylic acids is 1. The molecule has 0 aliphatic heterocycles. The highest BCUT2D eigenvalue weighted by Gasteiger charge is 2.90. The second-order valence-electron chi connectivity index (χ2n) is 7.16. The molecular formula is C19H13F13IO2-. The standard InChI is InChI=1S/C19H14F13IO2/c20-14(21,15(22,23)16(24,25)17(26,27)18(28,29)19(30,31)32)8-4-2-1-3-5-10-6-7-11(33)9-12(10)13(34)35/h4,6-9H,1-3,5H2,(H,34,35)/p-1. The molecule has 0 unspecified atom stereocenters. The van der Waals surface area contributed by atoms with Crippen molar-refractivity contribution in [3.8, 4) is 0 Å². The predicted octanol–water partition coefficient (Wildman–Crippen LogP) is 6.66. The second-order valence-corrected chi connectivity index (χ2v) is 8.40. The molecule has 0 saturated heterocycles. The van der Waals surface area contributed by atoms with Crippen LogP contribution in [0.15, 0.2) is 30.4 Å². The van der Waals surface area contributed by atoms with E-state index in [2.05, 4.69) is 0 Å². The average molecular weight is 647 g/mol. The number of unbranched alkanes of at least 4 members (excludes halogenated alkanes) is 2. The van der Waals surface area contributed by atoms with E-state index in [0.717, 1.165) is 0 Å². The Morgan fingerprint density at radius 3 is 1.80 bits per heavy atom. The van der Waals surface area contributed by atoms with Crippen molar-refractivity contribution >= 4 is 28.6 Å². The normalized spacial score (nSPS) is 14.6. The molecule has 200 valence electrons. The molecule has 1 aromatic rings. The molecule has 0 aromatic heterocycles. The van der Waals surface area contributed by atoms with Gasteiger partial charge >= 0.3 is 35.8 Å². The summed E-state index contributed by atoms with van der Waals surface area (Å²) in [7, 11) is 0. The van der Waals surface area contributed by atoms with E-state index in [0.29, 0.717) is 3.57 Å². The van der Waals surface area contributed by atoms with Crippen LogP contribution in [-0.4, -0.2) is 41.8 Å². The molecule has 0 aliphatic carbocycles. The molecule has 0 fully saturated rings. The molecule has 0 spiro atoms. The van der Waals surface area contributed by atoms with Gasteiger partial charge in [-0.1, -0.05) is 12.1 Å². The van der Waals surface area contributed by atoms with Crippen molar-refractivity contribution in [1.82, 2.24) is 0 Å². The first-order chi connectivity index (χ1) is 15.5. The zero-order valence-electron chi connectivity index (χ0n) is 16.8. The van der Waals surface area contributed by atoms with Gasteiger partial charge in [0.2, 0.25) is 0 Å². The Bertz CT molecular complexity index is 939. The lowest BCUT2D eigenvalue weighted by molar-refractivity contribution is -0.436. The molecule has 0 aliphatic rings. The molecule has 1 rings (SSSR count). The minimum Gasteiger partial charge on any atom is -0.545 e. The summed E-state index contributed by atoms with van der Waals surface area (Å²) in [6.07, 6.45) is -8.98. The van der Waals surface area contributed by atoms with Gasteiger partial charge in [-0.3, -0.25) is 0 Å². The van der Waals surface area contributed by atoms with E-state index in [1.54, 1.807) is 0 Å². The number of hydrogen-bond acceptors (Lipinski definition) is 2. The van der Waals surface area contributed by atoms with Gasteiger partial charge < -0.3 is 9.90 Å². The van der Waals surface area contributed by atoms with Gasteiger partial charge in [0.15, 0.2) is 0 Å². The first-order valence-electron chi connectivity index (χ1n) is 9.18. The number of carboxylic acid groups (broad SMARTS) is 1. The second kappa shape index (κ2) is 10.3. The van der Waals surface area contributed by atoms with Crippen LogP contribution in [0.4, 0.5) is 57.1 Å². The van der Waals surface area contributed by atoms with E-state index in [9.17, 15) is 67.0 Å². The summed E-state index contributed by atoms with van der Waals surface area (Å²) in [5.74, 6) is -38.6. The number of halogens is 14. The van der Waals surface area contributed by atoms with Crippen molar-refractivity contribution in [2.45, 2.75) is 61.5 Å². The van der Waals surface area contributed by atoms with Gasteiger partial charge in [0.05, 0.1) is 5.97 Å². The SMILES string of the molecule is O=C([O-])c1cc(I)ccc1CCCCC=CC(F)(F)C(F)(F)C(F)(F)C(F)(F)C(F)(F)C(F)(F)F. The van der Waals surface area contributed by atoms with Gasteiger partial charge in [-0.05, 0) is 72.0 Å². The van der Waals surface area contributed by atoms with Crippen molar-refractivity contribution in [1.29, 1.82) is 0 Å². The minimum absolute atomic E-state index is 0.0252. The Hall–Kier alpha value is -1.75. The number of aromatic carboxylic acids is 1. The lowest BCUT2D eigenvalue weighted by Gasteiger charge is -2.39. The number of carbonyl (C=O) groups is 1. The zero-order valence-corrected chi connectivity index (χ0v) is 19.0. The van der Waals surface area contributed by atoms with Crippen LogP contribution < -0.4 is 5.11 Å². The third-order valence-electron chi connectivity index (χ3n) is 4.64. The number of rotatable bonds is 11. The van der Waals surface area contributed by atoms with Crippen LogP contribution in [0.1, 0.15) is 35.2 Å². The monoisotopic (exact) mass is 647 g/mol. The molecule has 0 saturated carbocycles. The van der Waals surface area contributed by atoms with E-state index in [1.807, 2.05) is 22.6 Å². The van der Waals surface area contributed by atoms with E-state index in [-0.39, 0.29) is 36.5 Å². The Morgan fingerprint density at radius 2 is 1.31 bits per heavy atom. The number of hydrogen-bond donors (Lipinski definition) is 0. The van der Waals surface area contributed by atoms with Crippen LogP contribution in [0.2, 0.25) is 0 Å². The van der Waals surface area contributed by atoms with Crippen molar-refractivity contribution in [3.63, 3.8) is 0 Å². The summed E-state index contributed by atoms with van der Waals surface area (Å²) >= 11 is 1.81. The molecule has 0 radical (unpaired) electrons. The van der Waals surface area contributed by atoms with Crippen molar-refractivity contribution in [2.75, 3.05) is 0 Å². The summed E-state index contributed by atoms with van der Waals surface area (Å²) < 4.78 is 170. The van der Waals surface area contributed by atoms with E-state index < -0.39 is 54.3 Å². The van der Waals surface area contributed by atoms with Gasteiger partial charge in [0.25, 0.3) is 0 Å². The number of carbonyl (C=O) groups excluding carboxylic acids is 1. The fourth-order valence-corrected chi connectivity index (χ4v) is 3.14. The smallest absolute Gasteiger partial charge is 0.460 e. The predicted molar refractivity (Wildman–Crippen MR) is 101 cm³/mol. The number of allylic oxidation sites excluding steroid dienone is 2. The fourth-order valence-electron chi connectivity index (χ4n) is 2.65. The maximum Gasteiger partial charge on any atom is 0.460 e. The highest BCUT2D eigenvalue weighted by Crippen LogP contribution is 2.60. The van der Waals surface area contributed by atoms with E-state index in [1.165, 1.54) is 18.2 Å². The largest absolute Gasteiger partial charge is 0.545 e. The Morgan fingerprint density at radius 1 is 0.800 bits per heavy atom. The molecule has 0 amide bonds. The van der Waals surface area contributed by atoms with Crippen LogP contribution in [-0.2, 0) is 6.42 Å². The number of aryl methyl sites for hydroxylation is 1. The first-order valence-corrected chi connectivity index (χ1v) is 10.3. The highest BCUT2D eigenvalue weighted by atomic mass is 127. The summed E-state index contributed by atoms with van der Waals surface area (Å²) in [6, 6.07) is 4.21. The van der Waals surface area contributed by atoms with Gasteiger partial charge in [0.1, 0.15) is 0 Å². The number of benzene rings is 1. The minimum atomic E-state index is -7.93. The highest BCUT2D eigenvalue weighted by molar-refractivity contribution is 14.1. The molecule has 0 N–H and O–H groups in total. The van der Waals surface area contributed by atoms with Gasteiger partial charge in [-0.2, -0.15) is 57.1 Å². The van der Waals surface area contributed by atoms with Crippen molar-refractivity contribution < 1.29 is 67.0 Å². The van der Waals surface area contributed by atoms with Crippen LogP contribution in [0.3, 0.4) is 0 Å². The third-order valence-corrected chi connectivity index (χ3v) is 5.31. The summed E-state index contributed by atoms with van der Waals surface area (Å²) in [6.45, 7) is 0. The van der Waals surface area contributed by atoms with Gasteiger partial charge in [0, 0.05) is 9.13 Å². The van der Waals surface area contributed by atoms with E-state index in [4.69, 9.17) is 0 Å². The van der Waals surface area contributed by atoms with Crippen molar-refractivity contribution in [3.05, 3.63) is 45.0 Å². The Kier molecular flexibility index (Phi) is 9.22. The lowest BCUT2D eigenvalue weighted by Crippen LogP contribution is -2.69. The van der Waals surface area contributed by atoms with Crippen LogP contribution in [0.25, 0.3) is 0 Å².